The molecule has 0 amide bonds. The van der Waals surface area contributed by atoms with Gasteiger partial charge in [0.05, 0.1) is 18.8 Å². The summed E-state index contributed by atoms with van der Waals surface area (Å²) in [5, 5.41) is 27.9. The highest BCUT2D eigenvalue weighted by Gasteiger charge is 2.41. The Morgan fingerprint density at radius 2 is 1.92 bits per heavy atom. The molecule has 0 radical (unpaired) electrons. The van der Waals surface area contributed by atoms with Crippen molar-refractivity contribution < 1.29 is 24.8 Å². The number of aliphatic hydroxyl groups excluding tert-OH is 3. The van der Waals surface area contributed by atoms with Crippen molar-refractivity contribution in [1.29, 1.82) is 0 Å². The van der Waals surface area contributed by atoms with Crippen LogP contribution in [0.25, 0.3) is 0 Å². The maximum absolute atomic E-state index is 9.53. The van der Waals surface area contributed by atoms with Gasteiger partial charge in [0.2, 0.25) is 0 Å². The van der Waals surface area contributed by atoms with Crippen molar-refractivity contribution in [3.8, 4) is 0 Å². The normalized spacial score (nSPS) is 46.4. The van der Waals surface area contributed by atoms with E-state index < -0.39 is 24.6 Å². The van der Waals surface area contributed by atoms with Crippen molar-refractivity contribution in [3.05, 3.63) is 0 Å². The first-order chi connectivity index (χ1) is 6.11. The van der Waals surface area contributed by atoms with Gasteiger partial charge >= 0.3 is 0 Å². The van der Waals surface area contributed by atoms with E-state index in [1.807, 2.05) is 0 Å². The van der Waals surface area contributed by atoms with E-state index in [0.717, 1.165) is 0 Å². The van der Waals surface area contributed by atoms with Crippen LogP contribution >= 0.6 is 0 Å². The first-order valence-corrected chi connectivity index (χ1v) is 4.27. The van der Waals surface area contributed by atoms with Crippen molar-refractivity contribution in [1.82, 2.24) is 0 Å². The minimum atomic E-state index is -1.05. The van der Waals surface area contributed by atoms with E-state index in [1.165, 1.54) is 7.11 Å². The molecule has 1 aliphatic rings. The molecular formula is C8H16O5. The third-order valence-corrected chi connectivity index (χ3v) is 2.48. The smallest absolute Gasteiger partial charge is 0.186 e. The minimum Gasteiger partial charge on any atom is -0.394 e. The van der Waals surface area contributed by atoms with Gasteiger partial charge in [0, 0.05) is 13.0 Å². The van der Waals surface area contributed by atoms with Crippen LogP contribution in [0.1, 0.15) is 6.92 Å². The third-order valence-electron chi connectivity index (χ3n) is 2.48. The Kier molecular flexibility index (Phi) is 3.63. The number of hydrogen-bond donors (Lipinski definition) is 3. The monoisotopic (exact) mass is 192 g/mol. The van der Waals surface area contributed by atoms with Crippen LogP contribution in [0.5, 0.6) is 0 Å². The van der Waals surface area contributed by atoms with E-state index in [-0.39, 0.29) is 12.5 Å². The molecule has 5 nitrogen and oxygen atoms in total. The third kappa shape index (κ3) is 2.00. The summed E-state index contributed by atoms with van der Waals surface area (Å²) in [5.74, 6) is -0.300. The molecule has 0 aliphatic carbocycles. The number of rotatable bonds is 2. The maximum atomic E-state index is 9.53. The number of hydrogen-bond acceptors (Lipinski definition) is 5. The fraction of sp³-hybridized carbons (Fsp3) is 1.00. The van der Waals surface area contributed by atoms with Gasteiger partial charge in [0.25, 0.3) is 0 Å². The minimum absolute atomic E-state index is 0.190. The summed E-state index contributed by atoms with van der Waals surface area (Å²) in [7, 11) is 1.38. The predicted molar refractivity (Wildman–Crippen MR) is 43.9 cm³/mol. The van der Waals surface area contributed by atoms with Crippen molar-refractivity contribution in [2.24, 2.45) is 5.92 Å². The van der Waals surface area contributed by atoms with E-state index in [4.69, 9.17) is 14.6 Å². The van der Waals surface area contributed by atoms with Crippen LogP contribution in [0.15, 0.2) is 0 Å². The van der Waals surface area contributed by atoms with Crippen LogP contribution in [0.2, 0.25) is 0 Å². The highest BCUT2D eigenvalue weighted by molar-refractivity contribution is 4.86. The lowest BCUT2D eigenvalue weighted by Gasteiger charge is -2.40. The molecule has 5 heteroatoms. The predicted octanol–water partition coefficient (Wildman–Crippen LogP) is -1.29. The quantitative estimate of drug-likeness (QED) is 0.507. The van der Waals surface area contributed by atoms with Crippen molar-refractivity contribution in [3.63, 3.8) is 0 Å². The first kappa shape index (κ1) is 10.9. The second-order valence-electron chi connectivity index (χ2n) is 3.30. The lowest BCUT2D eigenvalue weighted by molar-refractivity contribution is -0.280. The second-order valence-corrected chi connectivity index (χ2v) is 3.30. The van der Waals surface area contributed by atoms with Crippen LogP contribution in [-0.2, 0) is 9.47 Å². The van der Waals surface area contributed by atoms with Gasteiger partial charge in [0.15, 0.2) is 6.29 Å². The van der Waals surface area contributed by atoms with Crippen LogP contribution in [0.3, 0.4) is 0 Å². The van der Waals surface area contributed by atoms with Gasteiger partial charge in [-0.2, -0.15) is 0 Å². The molecule has 2 unspecified atom stereocenters. The van der Waals surface area contributed by atoms with Crippen molar-refractivity contribution in [2.75, 3.05) is 13.7 Å². The van der Waals surface area contributed by atoms with Gasteiger partial charge < -0.3 is 24.8 Å². The van der Waals surface area contributed by atoms with Gasteiger partial charge in [-0.05, 0) is 0 Å². The van der Waals surface area contributed by atoms with Crippen LogP contribution in [0.4, 0.5) is 0 Å². The zero-order chi connectivity index (χ0) is 10.0. The van der Waals surface area contributed by atoms with E-state index in [2.05, 4.69) is 0 Å². The fourth-order valence-corrected chi connectivity index (χ4v) is 1.47. The summed E-state index contributed by atoms with van der Waals surface area (Å²) in [6.45, 7) is 1.52. The molecule has 0 spiro atoms. The average molecular weight is 192 g/mol. The summed E-state index contributed by atoms with van der Waals surface area (Å²) in [6.07, 6.45) is -3.31. The van der Waals surface area contributed by atoms with Gasteiger partial charge in [-0.25, -0.2) is 0 Å². The van der Waals surface area contributed by atoms with E-state index in [9.17, 15) is 10.2 Å². The largest absolute Gasteiger partial charge is 0.394 e. The molecule has 3 N–H and O–H groups in total. The molecule has 1 aliphatic heterocycles. The topological polar surface area (TPSA) is 79.2 Å². The average Bonchev–Trinajstić information content (AvgIpc) is 2.15. The van der Waals surface area contributed by atoms with Crippen LogP contribution < -0.4 is 0 Å². The van der Waals surface area contributed by atoms with E-state index >= 15 is 0 Å². The van der Waals surface area contributed by atoms with Crippen molar-refractivity contribution in [2.45, 2.75) is 31.5 Å². The van der Waals surface area contributed by atoms with Gasteiger partial charge in [0.1, 0.15) is 6.10 Å². The highest BCUT2D eigenvalue weighted by Crippen LogP contribution is 2.25. The lowest BCUT2D eigenvalue weighted by Crippen LogP contribution is -2.55. The molecule has 0 aromatic rings. The summed E-state index contributed by atoms with van der Waals surface area (Å²) < 4.78 is 10.0. The molecule has 13 heavy (non-hydrogen) atoms. The van der Waals surface area contributed by atoms with Crippen molar-refractivity contribution >= 4 is 0 Å². The molecular weight excluding hydrogens is 176 g/mol. The lowest BCUT2D eigenvalue weighted by atomic mass is 9.91. The molecule has 0 bridgehead atoms. The Hall–Kier alpha value is -0.200. The molecule has 78 valence electrons. The molecule has 0 aromatic carbocycles. The zero-order valence-corrected chi connectivity index (χ0v) is 7.75. The SMILES string of the molecule is CO[C@H]1OC(CO)[C@@H](C)C(O)[C@@H]1O. The van der Waals surface area contributed by atoms with Gasteiger partial charge in [-0.3, -0.25) is 0 Å². The summed E-state index contributed by atoms with van der Waals surface area (Å²) in [5.41, 5.74) is 0. The fourth-order valence-electron chi connectivity index (χ4n) is 1.47. The Labute approximate surface area is 76.9 Å². The van der Waals surface area contributed by atoms with Crippen LogP contribution in [-0.4, -0.2) is 53.6 Å². The summed E-state index contributed by atoms with van der Waals surface area (Å²) in [6, 6.07) is 0. The molecule has 0 aromatic heterocycles. The van der Waals surface area contributed by atoms with Gasteiger partial charge in [-0.15, -0.1) is 0 Å². The molecule has 1 rings (SSSR count). The van der Waals surface area contributed by atoms with E-state index in [1.54, 1.807) is 6.92 Å². The molecule has 1 heterocycles. The van der Waals surface area contributed by atoms with E-state index in [0.29, 0.717) is 0 Å². The Morgan fingerprint density at radius 1 is 1.31 bits per heavy atom. The molecule has 1 fully saturated rings. The second kappa shape index (κ2) is 4.34. The number of aliphatic hydroxyl groups is 3. The molecule has 1 saturated heterocycles. The molecule has 5 atom stereocenters. The Balaban J connectivity index is 2.66. The van der Waals surface area contributed by atoms with Gasteiger partial charge in [-0.1, -0.05) is 6.92 Å². The van der Waals surface area contributed by atoms with Crippen LogP contribution in [0, 0.1) is 5.92 Å². The zero-order valence-electron chi connectivity index (χ0n) is 7.75. The summed E-state index contributed by atoms with van der Waals surface area (Å²) >= 11 is 0. The standard InChI is InChI=1S/C8H16O5/c1-4-5(3-9)13-8(12-2)7(11)6(4)10/h4-11H,3H2,1-2H3/t4-,5?,6?,7+,8+/m1/s1. The first-order valence-electron chi connectivity index (χ1n) is 4.27. The Morgan fingerprint density at radius 3 is 2.38 bits per heavy atom. The number of methoxy groups -OCH3 is 1. The number of ether oxygens (including phenoxy) is 2. The highest BCUT2D eigenvalue weighted by atomic mass is 16.7. The Bertz CT molecular complexity index is 143. The maximum Gasteiger partial charge on any atom is 0.186 e. The summed E-state index contributed by atoms with van der Waals surface area (Å²) in [4.78, 5) is 0. The molecule has 0 saturated carbocycles.